The zero-order valence-corrected chi connectivity index (χ0v) is 11.7. The van der Waals surface area contributed by atoms with Crippen LogP contribution in [0.25, 0.3) is 10.4 Å². The standard InChI is InChI=1S/C16H19N3O/c1-12-3-4-13(10-18-2)9-15(12)14-5-7-19(8-6-14)11-16(17)20/h3-5,9H,6-8,10-11H2,1H3,(H2,17,20). The van der Waals surface area contributed by atoms with E-state index in [0.717, 1.165) is 25.1 Å². The van der Waals surface area contributed by atoms with E-state index >= 15 is 0 Å². The SMILES string of the molecule is [C-]#[N+]Cc1ccc(C)c(C2=CCN(CC(N)=O)CC2)c1. The Balaban J connectivity index is 2.16. The molecule has 0 aliphatic carbocycles. The zero-order valence-electron chi connectivity index (χ0n) is 11.7. The summed E-state index contributed by atoms with van der Waals surface area (Å²) in [6.07, 6.45) is 3.08. The molecule has 0 atom stereocenters. The fraction of sp³-hybridized carbons (Fsp3) is 0.375. The van der Waals surface area contributed by atoms with Gasteiger partial charge in [-0.05, 0) is 36.1 Å². The van der Waals surface area contributed by atoms with Crippen molar-refractivity contribution in [1.29, 1.82) is 0 Å². The van der Waals surface area contributed by atoms with Crippen molar-refractivity contribution < 1.29 is 4.79 Å². The molecule has 0 saturated heterocycles. The molecule has 0 fully saturated rings. The fourth-order valence-corrected chi connectivity index (χ4v) is 2.52. The summed E-state index contributed by atoms with van der Waals surface area (Å²) in [4.78, 5) is 16.4. The average Bonchev–Trinajstić information content (AvgIpc) is 2.42. The monoisotopic (exact) mass is 269 g/mol. The third-order valence-electron chi connectivity index (χ3n) is 3.58. The third kappa shape index (κ3) is 3.46. The van der Waals surface area contributed by atoms with Crippen molar-refractivity contribution in [3.05, 3.63) is 52.4 Å². The molecule has 1 aliphatic rings. The van der Waals surface area contributed by atoms with Crippen LogP contribution in [0.15, 0.2) is 24.3 Å². The number of primary amides is 1. The quantitative estimate of drug-likeness (QED) is 0.850. The maximum Gasteiger partial charge on any atom is 0.239 e. The van der Waals surface area contributed by atoms with E-state index in [0.29, 0.717) is 13.1 Å². The largest absolute Gasteiger partial charge is 0.369 e. The first kappa shape index (κ1) is 14.3. The van der Waals surface area contributed by atoms with Gasteiger partial charge in [0.2, 0.25) is 12.5 Å². The van der Waals surface area contributed by atoms with Crippen LogP contribution in [-0.4, -0.2) is 30.4 Å². The van der Waals surface area contributed by atoms with Gasteiger partial charge in [-0.3, -0.25) is 9.69 Å². The molecule has 0 bridgehead atoms. The fourth-order valence-electron chi connectivity index (χ4n) is 2.52. The highest BCUT2D eigenvalue weighted by Gasteiger charge is 2.16. The highest BCUT2D eigenvalue weighted by atomic mass is 16.1. The summed E-state index contributed by atoms with van der Waals surface area (Å²) < 4.78 is 0. The van der Waals surface area contributed by atoms with Crippen LogP contribution in [0.1, 0.15) is 23.1 Å². The van der Waals surface area contributed by atoms with Crippen molar-refractivity contribution in [3.8, 4) is 0 Å². The second kappa shape index (κ2) is 6.36. The predicted molar refractivity (Wildman–Crippen MR) is 79.7 cm³/mol. The molecule has 1 aliphatic heterocycles. The summed E-state index contributed by atoms with van der Waals surface area (Å²) in [5.41, 5.74) is 10.0. The Labute approximate surface area is 119 Å². The van der Waals surface area contributed by atoms with Crippen molar-refractivity contribution >= 4 is 11.5 Å². The molecule has 4 nitrogen and oxygen atoms in total. The van der Waals surface area contributed by atoms with Crippen LogP contribution in [0.4, 0.5) is 0 Å². The Morgan fingerprint density at radius 2 is 2.30 bits per heavy atom. The number of nitrogens with zero attached hydrogens (tertiary/aromatic N) is 2. The number of aryl methyl sites for hydroxylation is 1. The van der Waals surface area contributed by atoms with Crippen molar-refractivity contribution in [1.82, 2.24) is 4.90 Å². The first-order valence-corrected chi connectivity index (χ1v) is 6.73. The Hall–Kier alpha value is -2.12. The Morgan fingerprint density at radius 3 is 2.90 bits per heavy atom. The first-order valence-electron chi connectivity index (χ1n) is 6.73. The van der Waals surface area contributed by atoms with Crippen molar-refractivity contribution in [2.45, 2.75) is 19.9 Å². The van der Waals surface area contributed by atoms with Crippen LogP contribution < -0.4 is 5.73 Å². The van der Waals surface area contributed by atoms with Crippen molar-refractivity contribution in [2.75, 3.05) is 19.6 Å². The van der Waals surface area contributed by atoms with Crippen LogP contribution in [0, 0.1) is 13.5 Å². The number of nitrogens with two attached hydrogens (primary N) is 1. The maximum absolute atomic E-state index is 10.9. The summed E-state index contributed by atoms with van der Waals surface area (Å²) in [6, 6.07) is 6.20. The van der Waals surface area contributed by atoms with Crippen LogP contribution in [0.3, 0.4) is 0 Å². The Kier molecular flexibility index (Phi) is 4.54. The average molecular weight is 269 g/mol. The molecule has 1 aromatic rings. The van der Waals surface area contributed by atoms with E-state index in [9.17, 15) is 4.79 Å². The summed E-state index contributed by atoms with van der Waals surface area (Å²) in [5.74, 6) is -0.280. The number of hydrogen-bond acceptors (Lipinski definition) is 2. The number of carbonyl (C=O) groups is 1. The summed E-state index contributed by atoms with van der Waals surface area (Å²) in [5, 5.41) is 0. The highest BCUT2D eigenvalue weighted by Crippen LogP contribution is 2.26. The van der Waals surface area contributed by atoms with Gasteiger partial charge in [-0.15, -0.1) is 0 Å². The molecular weight excluding hydrogens is 250 g/mol. The number of rotatable bonds is 4. The van der Waals surface area contributed by atoms with Gasteiger partial charge in [-0.2, -0.15) is 0 Å². The lowest BCUT2D eigenvalue weighted by molar-refractivity contribution is -0.119. The minimum atomic E-state index is -0.280. The van der Waals surface area contributed by atoms with Gasteiger partial charge in [0.05, 0.1) is 6.54 Å². The number of amides is 1. The van der Waals surface area contributed by atoms with Crippen LogP contribution in [0.2, 0.25) is 0 Å². The second-order valence-corrected chi connectivity index (χ2v) is 5.15. The molecule has 2 N–H and O–H groups in total. The van der Waals surface area contributed by atoms with Gasteiger partial charge in [0, 0.05) is 18.7 Å². The van der Waals surface area contributed by atoms with E-state index in [1.165, 1.54) is 16.7 Å². The maximum atomic E-state index is 10.9. The van der Waals surface area contributed by atoms with E-state index in [1.54, 1.807) is 0 Å². The van der Waals surface area contributed by atoms with E-state index in [1.807, 2.05) is 11.0 Å². The lowest BCUT2D eigenvalue weighted by Crippen LogP contribution is -2.36. The Bertz CT molecular complexity index is 584. The van der Waals surface area contributed by atoms with E-state index in [4.69, 9.17) is 12.3 Å². The highest BCUT2D eigenvalue weighted by molar-refractivity contribution is 5.76. The lowest BCUT2D eigenvalue weighted by atomic mass is 9.94. The smallest absolute Gasteiger partial charge is 0.239 e. The van der Waals surface area contributed by atoms with Crippen LogP contribution in [-0.2, 0) is 11.3 Å². The zero-order chi connectivity index (χ0) is 14.5. The van der Waals surface area contributed by atoms with Gasteiger partial charge in [0.25, 0.3) is 0 Å². The topological polar surface area (TPSA) is 50.7 Å². The number of hydrogen-bond donors (Lipinski definition) is 1. The van der Waals surface area contributed by atoms with Gasteiger partial charge in [-0.25, -0.2) is 6.57 Å². The summed E-state index contributed by atoms with van der Waals surface area (Å²) >= 11 is 0. The minimum Gasteiger partial charge on any atom is -0.369 e. The van der Waals surface area contributed by atoms with Crippen LogP contribution >= 0.6 is 0 Å². The first-order chi connectivity index (χ1) is 9.60. The minimum absolute atomic E-state index is 0.280. The molecule has 1 amide bonds. The Morgan fingerprint density at radius 1 is 1.50 bits per heavy atom. The molecule has 1 aromatic carbocycles. The van der Waals surface area contributed by atoms with Crippen LogP contribution in [0.5, 0.6) is 0 Å². The molecule has 0 spiro atoms. The lowest BCUT2D eigenvalue weighted by Gasteiger charge is -2.25. The number of benzene rings is 1. The van der Waals surface area contributed by atoms with Crippen molar-refractivity contribution in [2.24, 2.45) is 5.73 Å². The van der Waals surface area contributed by atoms with Crippen molar-refractivity contribution in [3.63, 3.8) is 0 Å². The normalized spacial score (nSPS) is 15.5. The van der Waals surface area contributed by atoms with Gasteiger partial charge >= 0.3 is 0 Å². The molecular formula is C16H19N3O. The predicted octanol–water partition coefficient (Wildman–Crippen LogP) is 1.99. The van der Waals surface area contributed by atoms with E-state index in [-0.39, 0.29) is 5.91 Å². The second-order valence-electron chi connectivity index (χ2n) is 5.15. The molecule has 0 saturated carbocycles. The molecule has 4 heteroatoms. The van der Waals surface area contributed by atoms with Gasteiger partial charge in [0.1, 0.15) is 0 Å². The molecule has 20 heavy (non-hydrogen) atoms. The van der Waals surface area contributed by atoms with Gasteiger partial charge in [-0.1, -0.05) is 18.2 Å². The molecule has 0 unspecified atom stereocenters. The van der Waals surface area contributed by atoms with E-state index < -0.39 is 0 Å². The molecule has 0 aromatic heterocycles. The third-order valence-corrected chi connectivity index (χ3v) is 3.58. The molecule has 2 rings (SSSR count). The molecule has 1 heterocycles. The summed E-state index contributed by atoms with van der Waals surface area (Å²) in [6.45, 7) is 11.4. The number of carbonyl (C=O) groups excluding carboxylic acids is 1. The summed E-state index contributed by atoms with van der Waals surface area (Å²) in [7, 11) is 0. The van der Waals surface area contributed by atoms with Gasteiger partial charge < -0.3 is 10.6 Å². The molecule has 104 valence electrons. The van der Waals surface area contributed by atoms with E-state index in [2.05, 4.69) is 30.0 Å². The van der Waals surface area contributed by atoms with Gasteiger partial charge in [0.15, 0.2) is 0 Å². The molecule has 0 radical (unpaired) electrons.